The largest absolute Gasteiger partial charge is 0.478 e. The van der Waals surface area contributed by atoms with Gasteiger partial charge in [0.1, 0.15) is 5.82 Å². The van der Waals surface area contributed by atoms with Crippen molar-refractivity contribution < 1.29 is 23.8 Å². The number of carbonyl (C=O) groups excluding carboxylic acids is 1. The number of ether oxygens (including phenoxy) is 1. The predicted molar refractivity (Wildman–Crippen MR) is 91.2 cm³/mol. The number of allylic oxidation sites excluding steroid dienone is 2. The van der Waals surface area contributed by atoms with Crippen molar-refractivity contribution in [2.24, 2.45) is 0 Å². The second kappa shape index (κ2) is 7.51. The first-order chi connectivity index (χ1) is 11.8. The summed E-state index contributed by atoms with van der Waals surface area (Å²) in [4.78, 5) is 26.4. The van der Waals surface area contributed by atoms with E-state index in [4.69, 9.17) is 4.74 Å². The molecule has 0 aliphatic carbocycles. The first kappa shape index (κ1) is 18.7. The molecular weight excluding hydrogens is 325 g/mol. The Labute approximate surface area is 146 Å². The molecule has 0 radical (unpaired) electrons. The molecule has 0 aromatic heterocycles. The molecule has 1 aromatic rings. The minimum atomic E-state index is -1.11. The minimum Gasteiger partial charge on any atom is -0.478 e. The number of carboxylic acid groups (broad SMARTS) is 1. The molecule has 1 aliphatic heterocycles. The molecule has 1 aliphatic rings. The maximum absolute atomic E-state index is 13.3. The highest BCUT2D eigenvalue weighted by Crippen LogP contribution is 2.42. The lowest BCUT2D eigenvalue weighted by Gasteiger charge is -2.36. The summed E-state index contributed by atoms with van der Waals surface area (Å²) >= 11 is 0. The van der Waals surface area contributed by atoms with Crippen LogP contribution >= 0.6 is 0 Å². The zero-order valence-corrected chi connectivity index (χ0v) is 14.8. The van der Waals surface area contributed by atoms with Gasteiger partial charge in [-0.2, -0.15) is 0 Å². The lowest BCUT2D eigenvalue weighted by molar-refractivity contribution is -0.139. The van der Waals surface area contributed by atoms with Crippen molar-refractivity contribution in [2.75, 3.05) is 13.2 Å². The van der Waals surface area contributed by atoms with E-state index in [-0.39, 0.29) is 17.8 Å². The van der Waals surface area contributed by atoms with E-state index >= 15 is 0 Å². The smallest absolute Gasteiger partial charge is 0.336 e. The fourth-order valence-corrected chi connectivity index (χ4v) is 3.32. The Morgan fingerprint density at radius 2 is 1.68 bits per heavy atom. The molecular formula is C19H22FNO4. The summed E-state index contributed by atoms with van der Waals surface area (Å²) in [7, 11) is 0. The Hall–Kier alpha value is -2.63. The minimum absolute atomic E-state index is 0.0992. The van der Waals surface area contributed by atoms with Gasteiger partial charge in [-0.1, -0.05) is 12.1 Å². The van der Waals surface area contributed by atoms with Crippen LogP contribution in [0.5, 0.6) is 0 Å². The summed E-state index contributed by atoms with van der Waals surface area (Å²) in [6.45, 7) is 7.77. The number of halogens is 1. The summed E-state index contributed by atoms with van der Waals surface area (Å²) in [5.74, 6) is -2.90. The number of rotatable bonds is 5. The third kappa shape index (κ3) is 3.43. The summed E-state index contributed by atoms with van der Waals surface area (Å²) in [6, 6.07) is 5.53. The van der Waals surface area contributed by atoms with Crippen molar-refractivity contribution in [3.63, 3.8) is 0 Å². The van der Waals surface area contributed by atoms with Crippen LogP contribution in [0.15, 0.2) is 46.8 Å². The Balaban J connectivity index is 2.73. The van der Waals surface area contributed by atoms with Crippen LogP contribution in [0.3, 0.4) is 0 Å². The molecule has 0 fully saturated rings. The van der Waals surface area contributed by atoms with E-state index in [1.807, 2.05) is 6.92 Å². The monoisotopic (exact) mass is 347 g/mol. The zero-order chi connectivity index (χ0) is 18.7. The van der Waals surface area contributed by atoms with E-state index < -0.39 is 23.7 Å². The molecule has 1 aromatic carbocycles. The van der Waals surface area contributed by atoms with Gasteiger partial charge in [0.05, 0.1) is 23.7 Å². The second-order valence-corrected chi connectivity index (χ2v) is 5.75. The molecule has 25 heavy (non-hydrogen) atoms. The van der Waals surface area contributed by atoms with E-state index in [1.165, 1.54) is 24.3 Å². The fraction of sp³-hybridized carbons (Fsp3) is 0.368. The Kier molecular flexibility index (Phi) is 5.62. The Morgan fingerprint density at radius 1 is 1.12 bits per heavy atom. The molecule has 134 valence electrons. The van der Waals surface area contributed by atoms with E-state index in [1.54, 1.807) is 25.7 Å². The van der Waals surface area contributed by atoms with Gasteiger partial charge in [-0.25, -0.2) is 14.0 Å². The maximum Gasteiger partial charge on any atom is 0.336 e. The summed E-state index contributed by atoms with van der Waals surface area (Å²) < 4.78 is 18.5. The first-order valence-electron chi connectivity index (χ1n) is 8.18. The second-order valence-electron chi connectivity index (χ2n) is 5.75. The molecule has 1 N–H and O–H groups in total. The average Bonchev–Trinajstić information content (AvgIpc) is 2.55. The van der Waals surface area contributed by atoms with Crippen LogP contribution in [-0.4, -0.2) is 35.1 Å². The van der Waals surface area contributed by atoms with Gasteiger partial charge in [0, 0.05) is 17.9 Å². The zero-order valence-electron chi connectivity index (χ0n) is 14.8. The van der Waals surface area contributed by atoms with Gasteiger partial charge in [0.2, 0.25) is 0 Å². The number of esters is 1. The summed E-state index contributed by atoms with van der Waals surface area (Å²) in [5.41, 5.74) is 2.13. The van der Waals surface area contributed by atoms with Crippen LogP contribution in [0.2, 0.25) is 0 Å². The molecule has 2 rings (SSSR count). The van der Waals surface area contributed by atoms with Crippen molar-refractivity contribution in [3.8, 4) is 0 Å². The van der Waals surface area contributed by atoms with Crippen LogP contribution in [0.25, 0.3) is 0 Å². The summed E-state index contributed by atoms with van der Waals surface area (Å²) in [5, 5.41) is 9.79. The Morgan fingerprint density at radius 3 is 2.16 bits per heavy atom. The fourth-order valence-electron chi connectivity index (χ4n) is 3.32. The van der Waals surface area contributed by atoms with Gasteiger partial charge in [0.25, 0.3) is 0 Å². The van der Waals surface area contributed by atoms with Crippen LogP contribution in [0, 0.1) is 5.82 Å². The highest BCUT2D eigenvalue weighted by Gasteiger charge is 2.39. The van der Waals surface area contributed by atoms with Gasteiger partial charge in [-0.3, -0.25) is 0 Å². The van der Waals surface area contributed by atoms with E-state index in [0.29, 0.717) is 23.5 Å². The average molecular weight is 347 g/mol. The number of hydrogen-bond donors (Lipinski definition) is 1. The predicted octanol–water partition coefficient (Wildman–Crippen LogP) is 3.44. The quantitative estimate of drug-likeness (QED) is 0.827. The first-order valence-corrected chi connectivity index (χ1v) is 8.18. The van der Waals surface area contributed by atoms with Crippen molar-refractivity contribution in [2.45, 2.75) is 33.6 Å². The van der Waals surface area contributed by atoms with Gasteiger partial charge in [-0.15, -0.1) is 0 Å². The number of carbonyl (C=O) groups is 2. The third-order valence-corrected chi connectivity index (χ3v) is 4.41. The molecule has 5 nitrogen and oxygen atoms in total. The maximum atomic E-state index is 13.3. The lowest BCUT2D eigenvalue weighted by atomic mass is 9.79. The molecule has 0 amide bonds. The number of carboxylic acids is 1. The molecule has 0 saturated heterocycles. The van der Waals surface area contributed by atoms with Crippen molar-refractivity contribution in [3.05, 3.63) is 58.2 Å². The molecule has 0 bridgehead atoms. The molecule has 0 spiro atoms. The van der Waals surface area contributed by atoms with Gasteiger partial charge in [0.15, 0.2) is 0 Å². The van der Waals surface area contributed by atoms with Gasteiger partial charge >= 0.3 is 11.9 Å². The highest BCUT2D eigenvalue weighted by atomic mass is 19.1. The van der Waals surface area contributed by atoms with Crippen molar-refractivity contribution >= 4 is 11.9 Å². The highest BCUT2D eigenvalue weighted by molar-refractivity contribution is 5.99. The summed E-state index contributed by atoms with van der Waals surface area (Å²) in [6.07, 6.45) is 0. The van der Waals surface area contributed by atoms with Gasteiger partial charge < -0.3 is 14.7 Å². The number of nitrogens with zero attached hydrogens (tertiary/aromatic N) is 1. The molecule has 0 saturated carbocycles. The number of benzene rings is 1. The van der Waals surface area contributed by atoms with E-state index in [9.17, 15) is 19.1 Å². The normalized spacial score (nSPS) is 17.8. The van der Waals surface area contributed by atoms with Crippen LogP contribution in [0.4, 0.5) is 4.39 Å². The molecule has 1 unspecified atom stereocenters. The lowest BCUT2D eigenvalue weighted by Crippen LogP contribution is -2.34. The van der Waals surface area contributed by atoms with Crippen molar-refractivity contribution in [1.29, 1.82) is 0 Å². The molecule has 6 heteroatoms. The number of hydrogen-bond acceptors (Lipinski definition) is 4. The number of aliphatic carboxylic acids is 1. The van der Waals surface area contributed by atoms with Crippen LogP contribution in [-0.2, 0) is 14.3 Å². The van der Waals surface area contributed by atoms with Gasteiger partial charge in [-0.05, 0) is 45.4 Å². The van der Waals surface area contributed by atoms with E-state index in [0.717, 1.165) is 0 Å². The Bertz CT molecular complexity index is 749. The van der Waals surface area contributed by atoms with Crippen molar-refractivity contribution in [1.82, 2.24) is 4.90 Å². The van der Waals surface area contributed by atoms with Crippen LogP contribution < -0.4 is 0 Å². The topological polar surface area (TPSA) is 66.8 Å². The molecule has 1 heterocycles. The van der Waals surface area contributed by atoms with E-state index in [2.05, 4.69) is 0 Å². The molecule has 1 atom stereocenters. The third-order valence-electron chi connectivity index (χ3n) is 4.41. The van der Waals surface area contributed by atoms with Crippen LogP contribution in [0.1, 0.15) is 39.2 Å². The SMILES string of the molecule is CCOC(=O)C1=C(C)N(CC)C(C)=C(C(=O)O)C1c1ccc(F)cc1. The standard InChI is InChI=1S/C19H22FNO4/c1-5-21-11(3)15(18(22)23)17(13-7-9-14(20)10-8-13)16(12(21)4)19(24)25-6-2/h7-10,17H,5-6H2,1-4H3,(H,22,23).